The molecule has 0 N–H and O–H groups in total. The Morgan fingerprint density at radius 2 is 1.48 bits per heavy atom. The smallest absolute Gasteiger partial charge is 0.121 e. The Kier molecular flexibility index (Phi) is 10.5. The van der Waals surface area contributed by atoms with E-state index < -0.39 is 30.9 Å². The summed E-state index contributed by atoms with van der Waals surface area (Å²) >= 11 is -2.03. The molecule has 0 amide bonds. The van der Waals surface area contributed by atoms with E-state index in [0.717, 1.165) is 49.5 Å². The maximum absolute atomic E-state index is 9.19. The molecule has 1 radical (unpaired) electrons. The molecule has 5 heteroatoms. The first-order valence-electron chi connectivity index (χ1n) is 21.6. The molecule has 9 rings (SSSR count). The first-order valence-corrected chi connectivity index (χ1v) is 26.9. The number of pyridine rings is 2. The minimum absolute atomic E-state index is 0. The molecule has 3 heterocycles. The zero-order valence-electron chi connectivity index (χ0n) is 38.3. The number of fused-ring (bicyclic) bond motifs is 6. The summed E-state index contributed by atoms with van der Waals surface area (Å²) in [7, 11) is 0. The van der Waals surface area contributed by atoms with Gasteiger partial charge in [0.25, 0.3) is 0 Å². The summed E-state index contributed by atoms with van der Waals surface area (Å²) in [5.41, 5.74) is 6.49. The Morgan fingerprint density at radius 3 is 2.21 bits per heavy atom. The molecule has 3 nitrogen and oxygen atoms in total. The molecule has 293 valence electrons. The van der Waals surface area contributed by atoms with E-state index in [9.17, 15) is 2.74 Å². The van der Waals surface area contributed by atoms with Crippen molar-refractivity contribution < 1.29 is 30.0 Å². The fourth-order valence-corrected chi connectivity index (χ4v) is 10.8. The van der Waals surface area contributed by atoms with Crippen molar-refractivity contribution in [3.8, 4) is 33.6 Å². The number of hydrogen-bond acceptors (Lipinski definition) is 3. The van der Waals surface area contributed by atoms with Crippen molar-refractivity contribution in [2.45, 2.75) is 64.2 Å². The summed E-state index contributed by atoms with van der Waals surface area (Å²) in [6.45, 7) is 9.56. The van der Waals surface area contributed by atoms with E-state index in [2.05, 4.69) is 82.9 Å². The topological polar surface area (TPSA) is 38.9 Å². The van der Waals surface area contributed by atoms with Crippen LogP contribution >= 0.6 is 0 Å². The second-order valence-electron chi connectivity index (χ2n) is 17.0. The van der Waals surface area contributed by atoms with Crippen LogP contribution in [-0.2, 0) is 26.5 Å². The van der Waals surface area contributed by atoms with Crippen LogP contribution in [0.4, 0.5) is 0 Å². The normalized spacial score (nSPS) is 13.3. The molecule has 9 aromatic rings. The van der Waals surface area contributed by atoms with Crippen molar-refractivity contribution in [1.29, 1.82) is 0 Å². The first kappa shape index (κ1) is 36.2. The number of rotatable bonds is 6. The van der Waals surface area contributed by atoms with Crippen molar-refractivity contribution in [2.24, 2.45) is 5.41 Å². The second-order valence-corrected chi connectivity index (χ2v) is 27.5. The molecule has 0 aliphatic rings. The molecular formula is C53H50GeIrN2O-2. The Balaban J connectivity index is 0.000000233. The minimum Gasteiger partial charge on any atom is -0.501 e. The molecule has 0 saturated carbocycles. The summed E-state index contributed by atoms with van der Waals surface area (Å²) in [4.78, 5) is 9.32. The molecular weight excluding hydrogens is 945 g/mol. The van der Waals surface area contributed by atoms with Crippen LogP contribution in [0.15, 0.2) is 144 Å². The molecule has 58 heavy (non-hydrogen) atoms. The van der Waals surface area contributed by atoms with Gasteiger partial charge in [-0.3, -0.25) is 0 Å². The predicted octanol–water partition coefficient (Wildman–Crippen LogP) is 14.2. The van der Waals surface area contributed by atoms with E-state index in [-0.39, 0.29) is 26.3 Å². The third kappa shape index (κ3) is 8.62. The van der Waals surface area contributed by atoms with Crippen molar-refractivity contribution in [1.82, 2.24) is 9.97 Å². The van der Waals surface area contributed by atoms with Crippen LogP contribution in [0.2, 0.25) is 17.3 Å². The Hall–Kier alpha value is -4.87. The van der Waals surface area contributed by atoms with Gasteiger partial charge in [-0.05, 0) is 62.3 Å². The van der Waals surface area contributed by atoms with Gasteiger partial charge < -0.3 is 9.40 Å². The molecule has 0 saturated heterocycles. The zero-order chi connectivity index (χ0) is 43.5. The van der Waals surface area contributed by atoms with Crippen LogP contribution in [-0.4, -0.2) is 23.2 Å². The molecule has 0 fully saturated rings. The fraction of sp³-hybridized carbons (Fsp3) is 0.208. The number of nitrogens with zero attached hydrogens (tertiary/aromatic N) is 2. The average Bonchev–Trinajstić information content (AvgIpc) is 3.60. The van der Waals surface area contributed by atoms with E-state index in [1.165, 1.54) is 15.2 Å². The Labute approximate surface area is 365 Å². The van der Waals surface area contributed by atoms with E-state index in [0.29, 0.717) is 28.0 Å². The standard InChI is InChI=1S/C36H28NO.C17H22GeN.Ir/c1-36(2,3)21-26-19-33(37-22-32(26)23-10-5-4-6-11-23)29-15-9-14-28-31-18-25-17-16-24-12-7-8-13-27(24)30(25)20-34(31)38-35(28)29;1-13(2)15-11-17(14-9-7-6-8-10-14)19-12-16(15)18(3,4)5;/h4-14,16-20,22H,21H2,1-3H3;6-9,11-13H,1-5H3;/q2*-1;/i21D2,22D;13D;. The summed E-state index contributed by atoms with van der Waals surface area (Å²) in [5, 5.41) is 6.54. The Morgan fingerprint density at radius 1 is 0.741 bits per heavy atom. The second kappa shape index (κ2) is 16.8. The van der Waals surface area contributed by atoms with Crippen molar-refractivity contribution in [3.05, 3.63) is 163 Å². The van der Waals surface area contributed by atoms with E-state index in [1.807, 2.05) is 114 Å². The monoisotopic (exact) mass is 1000 g/mol. The van der Waals surface area contributed by atoms with Gasteiger partial charge in [0.2, 0.25) is 0 Å². The zero-order valence-corrected chi connectivity index (χ0v) is 38.8. The third-order valence-electron chi connectivity index (χ3n) is 10.2. The van der Waals surface area contributed by atoms with Crippen LogP contribution in [0.3, 0.4) is 0 Å². The number of benzene rings is 6. The molecule has 0 bridgehead atoms. The summed E-state index contributed by atoms with van der Waals surface area (Å²) < 4.78 is 43.6. The molecule has 0 aliphatic heterocycles. The van der Waals surface area contributed by atoms with Gasteiger partial charge >= 0.3 is 120 Å². The van der Waals surface area contributed by atoms with Gasteiger partial charge in [-0.15, -0.1) is 18.2 Å². The molecule has 0 spiro atoms. The molecule has 0 aliphatic carbocycles. The molecule has 6 aromatic carbocycles. The number of hydrogen-bond donors (Lipinski definition) is 0. The first-order chi connectivity index (χ1) is 28.8. The summed E-state index contributed by atoms with van der Waals surface area (Å²) in [6.07, 6.45) is 0.282. The number of furan rings is 1. The SMILES string of the molecule is [2H]C(C)(C)c1cc(-c2[c-]cccc2)nc[c]1[Ge]([CH3])([CH3])[CH3].[2H]c1nc(-c2[c-]ccc3c2oc2cc4c(ccc5ccccc54)cc23)cc(C([2H])([2H])C(C)(C)C)c1-c1ccccc1.[Ir]. The fourth-order valence-electron chi connectivity index (χ4n) is 7.47. The predicted molar refractivity (Wildman–Crippen MR) is 245 cm³/mol. The van der Waals surface area contributed by atoms with Crippen LogP contribution in [0.1, 0.15) is 57.1 Å². The summed E-state index contributed by atoms with van der Waals surface area (Å²) in [6, 6.07) is 48.5. The third-order valence-corrected chi connectivity index (χ3v) is 14.4. The molecule has 0 unspecified atom stereocenters. The maximum Gasteiger partial charge on any atom is 0.121 e. The van der Waals surface area contributed by atoms with Crippen LogP contribution in [0.25, 0.3) is 77.1 Å². The van der Waals surface area contributed by atoms with E-state index >= 15 is 0 Å². The molecule has 0 atom stereocenters. The van der Waals surface area contributed by atoms with E-state index in [4.69, 9.17) is 12.1 Å². The van der Waals surface area contributed by atoms with Gasteiger partial charge in [0.15, 0.2) is 0 Å². The van der Waals surface area contributed by atoms with E-state index in [1.54, 1.807) is 6.07 Å². The largest absolute Gasteiger partial charge is 0.501 e. The van der Waals surface area contributed by atoms with Gasteiger partial charge in [0.1, 0.15) is 5.58 Å². The van der Waals surface area contributed by atoms with Crippen molar-refractivity contribution in [3.63, 3.8) is 0 Å². The van der Waals surface area contributed by atoms with Gasteiger partial charge in [-0.25, -0.2) is 0 Å². The van der Waals surface area contributed by atoms with Gasteiger partial charge in [0.05, 0.1) is 6.95 Å². The Bertz CT molecular complexity index is 3080. The number of aromatic nitrogens is 2. The van der Waals surface area contributed by atoms with Crippen LogP contribution in [0, 0.1) is 17.5 Å². The quantitative estimate of drug-likeness (QED) is 0.0947. The van der Waals surface area contributed by atoms with Gasteiger partial charge in [0, 0.05) is 40.0 Å². The van der Waals surface area contributed by atoms with Crippen molar-refractivity contribution in [2.75, 3.05) is 0 Å². The van der Waals surface area contributed by atoms with Crippen molar-refractivity contribution >= 4 is 61.1 Å². The average molecular weight is 1000 g/mol. The minimum atomic E-state index is -2.03. The molecule has 3 aromatic heterocycles. The van der Waals surface area contributed by atoms with Gasteiger partial charge in [-0.2, -0.15) is 0 Å². The van der Waals surface area contributed by atoms with Crippen LogP contribution < -0.4 is 4.40 Å². The van der Waals surface area contributed by atoms with Crippen LogP contribution in [0.5, 0.6) is 0 Å². The maximum atomic E-state index is 9.19. The summed E-state index contributed by atoms with van der Waals surface area (Å²) in [5.74, 6) is 6.45. The van der Waals surface area contributed by atoms with Gasteiger partial charge in [-0.1, -0.05) is 105 Å².